The molecule has 0 bridgehead atoms. The van der Waals surface area contributed by atoms with E-state index in [1.54, 1.807) is 6.92 Å². The lowest BCUT2D eigenvalue weighted by Gasteiger charge is -2.26. The summed E-state index contributed by atoms with van der Waals surface area (Å²) in [6.45, 7) is 4.02. The molecule has 0 aromatic heterocycles. The van der Waals surface area contributed by atoms with Crippen LogP contribution >= 0.6 is 24.4 Å². The zero-order chi connectivity index (χ0) is 24.7. The van der Waals surface area contributed by atoms with Crippen molar-refractivity contribution < 1.29 is 24.3 Å². The summed E-state index contributed by atoms with van der Waals surface area (Å²) in [5.74, 6) is -2.32. The highest BCUT2D eigenvalue weighted by atomic mass is 32.2. The first kappa shape index (κ1) is 30.5. The summed E-state index contributed by atoms with van der Waals surface area (Å²) < 4.78 is 0. The summed E-state index contributed by atoms with van der Waals surface area (Å²) in [4.78, 5) is 49.6. The van der Waals surface area contributed by atoms with Crippen molar-refractivity contribution in [2.24, 2.45) is 17.4 Å². The van der Waals surface area contributed by atoms with Gasteiger partial charge in [-0.3, -0.25) is 14.4 Å². The fourth-order valence-corrected chi connectivity index (χ4v) is 3.47. The van der Waals surface area contributed by atoms with Crippen molar-refractivity contribution in [1.82, 2.24) is 16.0 Å². The minimum absolute atomic E-state index is 0.119. The van der Waals surface area contributed by atoms with Gasteiger partial charge in [-0.1, -0.05) is 20.3 Å². The van der Waals surface area contributed by atoms with Crippen LogP contribution in [-0.4, -0.2) is 77.3 Å². The Hall–Kier alpha value is -1.50. The van der Waals surface area contributed by atoms with Gasteiger partial charge in [-0.05, 0) is 50.2 Å². The number of nitrogens with one attached hydrogen (secondary N) is 3. The quantitative estimate of drug-likeness (QED) is 0.107. The lowest BCUT2D eigenvalue weighted by molar-refractivity contribution is -0.143. The Bertz CT molecular complexity index is 611. The Balaban J connectivity index is 5.44. The number of thiol groups is 1. The maximum absolute atomic E-state index is 13.0. The first-order valence-electron chi connectivity index (χ1n) is 10.8. The van der Waals surface area contributed by atoms with Gasteiger partial charge in [0.25, 0.3) is 0 Å². The third kappa shape index (κ3) is 11.4. The molecule has 0 aliphatic carbocycles. The van der Waals surface area contributed by atoms with Crippen LogP contribution in [0.5, 0.6) is 0 Å². The van der Waals surface area contributed by atoms with Crippen LogP contribution in [0.2, 0.25) is 0 Å². The number of hydrogen-bond donors (Lipinski definition) is 7. The SMILES string of the molecule is CCC(C)C(NC(=O)C(CCSC)NC(=O)C(CCCCN)NC(=O)C(N)CS)C(=O)O. The van der Waals surface area contributed by atoms with E-state index in [4.69, 9.17) is 11.5 Å². The highest BCUT2D eigenvalue weighted by Crippen LogP contribution is 2.10. The summed E-state index contributed by atoms with van der Waals surface area (Å²) in [5, 5.41) is 17.3. The van der Waals surface area contributed by atoms with Crippen LogP contribution in [0.3, 0.4) is 0 Å². The number of unbranched alkanes of at least 4 members (excludes halogenated alkanes) is 1. The molecule has 0 aliphatic rings. The van der Waals surface area contributed by atoms with Crippen LogP contribution in [0, 0.1) is 5.92 Å². The zero-order valence-electron chi connectivity index (χ0n) is 19.1. The molecule has 0 aliphatic heterocycles. The van der Waals surface area contributed by atoms with Crippen molar-refractivity contribution in [2.75, 3.05) is 24.3 Å². The van der Waals surface area contributed by atoms with E-state index >= 15 is 0 Å². The highest BCUT2D eigenvalue weighted by Gasteiger charge is 2.31. The predicted molar refractivity (Wildman–Crippen MR) is 131 cm³/mol. The van der Waals surface area contributed by atoms with E-state index in [9.17, 15) is 24.3 Å². The maximum Gasteiger partial charge on any atom is 0.326 e. The van der Waals surface area contributed by atoms with Gasteiger partial charge in [0.2, 0.25) is 17.7 Å². The first-order chi connectivity index (χ1) is 15.1. The van der Waals surface area contributed by atoms with E-state index < -0.39 is 47.9 Å². The lowest BCUT2D eigenvalue weighted by atomic mass is 9.98. The van der Waals surface area contributed by atoms with Gasteiger partial charge in [0.1, 0.15) is 18.1 Å². The molecule has 8 N–H and O–H groups in total. The molecule has 0 radical (unpaired) electrons. The van der Waals surface area contributed by atoms with Gasteiger partial charge in [0.15, 0.2) is 0 Å². The number of nitrogens with two attached hydrogens (primary N) is 2. The number of carbonyl (C=O) groups is 4. The van der Waals surface area contributed by atoms with Crippen LogP contribution in [0.1, 0.15) is 46.0 Å². The van der Waals surface area contributed by atoms with Crippen LogP contribution < -0.4 is 27.4 Å². The molecule has 0 heterocycles. The molecule has 3 amide bonds. The number of rotatable bonds is 17. The van der Waals surface area contributed by atoms with Gasteiger partial charge in [-0.2, -0.15) is 24.4 Å². The van der Waals surface area contributed by atoms with Crippen molar-refractivity contribution in [2.45, 2.75) is 70.1 Å². The molecule has 0 saturated heterocycles. The topological polar surface area (TPSA) is 177 Å². The van der Waals surface area contributed by atoms with Crippen LogP contribution in [0.4, 0.5) is 0 Å². The van der Waals surface area contributed by atoms with E-state index in [2.05, 4.69) is 28.6 Å². The first-order valence-corrected chi connectivity index (χ1v) is 12.8. The molecule has 0 rings (SSSR count). The van der Waals surface area contributed by atoms with E-state index in [0.29, 0.717) is 44.4 Å². The summed E-state index contributed by atoms with van der Waals surface area (Å²) in [5.41, 5.74) is 11.2. The smallest absolute Gasteiger partial charge is 0.326 e. The molecule has 5 atom stereocenters. The second-order valence-corrected chi connectivity index (χ2v) is 9.04. The molecule has 186 valence electrons. The fraction of sp³-hybridized carbons (Fsp3) is 0.800. The Morgan fingerprint density at radius 3 is 2.06 bits per heavy atom. The molecule has 0 aromatic rings. The molecule has 0 saturated carbocycles. The van der Waals surface area contributed by atoms with Crippen molar-refractivity contribution in [3.05, 3.63) is 0 Å². The monoisotopic (exact) mass is 493 g/mol. The van der Waals surface area contributed by atoms with E-state index in [1.807, 2.05) is 13.2 Å². The van der Waals surface area contributed by atoms with Gasteiger partial charge in [-0.25, -0.2) is 4.79 Å². The molecule has 32 heavy (non-hydrogen) atoms. The Morgan fingerprint density at radius 1 is 1.00 bits per heavy atom. The number of aliphatic carboxylic acids is 1. The minimum Gasteiger partial charge on any atom is -0.480 e. The third-order valence-electron chi connectivity index (χ3n) is 5.13. The molecular weight excluding hydrogens is 454 g/mol. The number of carboxylic acids is 1. The van der Waals surface area contributed by atoms with Crippen molar-refractivity contribution >= 4 is 48.1 Å². The highest BCUT2D eigenvalue weighted by molar-refractivity contribution is 7.98. The fourth-order valence-electron chi connectivity index (χ4n) is 2.84. The number of hydrogen-bond acceptors (Lipinski definition) is 8. The Kier molecular flexibility index (Phi) is 16.2. The molecule has 5 unspecified atom stereocenters. The van der Waals surface area contributed by atoms with Crippen molar-refractivity contribution in [3.63, 3.8) is 0 Å². The van der Waals surface area contributed by atoms with E-state index in [-0.39, 0.29) is 11.7 Å². The Morgan fingerprint density at radius 2 is 1.56 bits per heavy atom. The molecular formula is C20H39N5O5S2. The number of carboxylic acid groups (broad SMARTS) is 1. The molecule has 0 fully saturated rings. The van der Waals surface area contributed by atoms with E-state index in [1.165, 1.54) is 11.8 Å². The predicted octanol–water partition coefficient (Wildman–Crippen LogP) is -0.289. The summed E-state index contributed by atoms with van der Waals surface area (Å²) in [6.07, 6.45) is 4.34. The summed E-state index contributed by atoms with van der Waals surface area (Å²) in [6, 6.07) is -3.76. The van der Waals surface area contributed by atoms with Crippen molar-refractivity contribution in [3.8, 4) is 0 Å². The van der Waals surface area contributed by atoms with Crippen LogP contribution in [-0.2, 0) is 19.2 Å². The summed E-state index contributed by atoms with van der Waals surface area (Å²) >= 11 is 5.50. The zero-order valence-corrected chi connectivity index (χ0v) is 20.8. The average Bonchev–Trinajstić information content (AvgIpc) is 2.77. The number of amides is 3. The second-order valence-electron chi connectivity index (χ2n) is 7.69. The van der Waals surface area contributed by atoms with Gasteiger partial charge >= 0.3 is 5.97 Å². The van der Waals surface area contributed by atoms with E-state index in [0.717, 1.165) is 0 Å². The van der Waals surface area contributed by atoms with Gasteiger partial charge < -0.3 is 32.5 Å². The lowest BCUT2D eigenvalue weighted by Crippen LogP contribution is -2.58. The maximum atomic E-state index is 13.0. The summed E-state index contributed by atoms with van der Waals surface area (Å²) in [7, 11) is 0. The molecule has 0 spiro atoms. The molecule has 10 nitrogen and oxygen atoms in total. The molecule has 0 aromatic carbocycles. The second kappa shape index (κ2) is 17.0. The minimum atomic E-state index is -1.13. The largest absolute Gasteiger partial charge is 0.480 e. The average molecular weight is 494 g/mol. The standard InChI is InChI=1S/C20H39N5O5S2/c1-4-12(2)16(20(29)30)25-19(28)15(8-10-32-3)24-18(27)14(7-5-6-9-21)23-17(26)13(22)11-31/h12-16,31H,4-11,21-22H2,1-3H3,(H,23,26)(H,24,27)(H,25,28)(H,29,30). The number of thioether (sulfide) groups is 1. The van der Waals surface area contributed by atoms with Crippen LogP contribution in [0.15, 0.2) is 0 Å². The van der Waals surface area contributed by atoms with Gasteiger partial charge in [-0.15, -0.1) is 0 Å². The van der Waals surface area contributed by atoms with Gasteiger partial charge in [0.05, 0.1) is 6.04 Å². The Labute approximate surface area is 200 Å². The van der Waals surface area contributed by atoms with Gasteiger partial charge in [0, 0.05) is 5.75 Å². The van der Waals surface area contributed by atoms with Crippen LogP contribution in [0.25, 0.3) is 0 Å². The third-order valence-corrected chi connectivity index (χ3v) is 6.17. The van der Waals surface area contributed by atoms with Crippen molar-refractivity contribution in [1.29, 1.82) is 0 Å². The normalized spacial score (nSPS) is 15.7. The molecule has 12 heteroatoms. The number of carbonyl (C=O) groups excluding carboxylic acids is 3.